The summed E-state index contributed by atoms with van der Waals surface area (Å²) >= 11 is 0. The molecule has 0 spiro atoms. The molecule has 6 rings (SSSR count). The van der Waals surface area contributed by atoms with Crippen LogP contribution >= 0.6 is 0 Å². The van der Waals surface area contributed by atoms with E-state index in [-0.39, 0.29) is 10.8 Å². The van der Waals surface area contributed by atoms with Crippen LogP contribution in [0.5, 0.6) is 5.75 Å². The molecule has 1 aromatic heterocycles. The third kappa shape index (κ3) is 5.25. The third-order valence-electron chi connectivity index (χ3n) is 9.03. The standard InChI is InChI=1S/C33H39NO4/c1-31(21-36-22-31)23-37-24-32(35)13-14-33(17-25-6-3-2-4-7-25)28(18-32)10-9-27-16-29(11-12-30(27)33)38-20-26-8-5-15-34-19-26/h2-8,11-12,15-16,19,28,35H,9-10,13-14,17-18,20-24H2,1H3/t28-,32-,33+/m1/s1. The first-order chi connectivity index (χ1) is 18.5. The summed E-state index contributed by atoms with van der Waals surface area (Å²) in [5, 5.41) is 11.7. The van der Waals surface area contributed by atoms with Crippen LogP contribution in [-0.4, -0.2) is 42.1 Å². The van der Waals surface area contributed by atoms with Crippen LogP contribution in [0.4, 0.5) is 0 Å². The van der Waals surface area contributed by atoms with Crippen LogP contribution in [0.25, 0.3) is 0 Å². The molecule has 0 amide bonds. The fraction of sp³-hybridized carbons (Fsp3) is 0.485. The highest BCUT2D eigenvalue weighted by atomic mass is 16.5. The van der Waals surface area contributed by atoms with Crippen LogP contribution in [0.2, 0.25) is 0 Å². The summed E-state index contributed by atoms with van der Waals surface area (Å²) < 4.78 is 17.6. The fourth-order valence-corrected chi connectivity index (χ4v) is 6.92. The Kier molecular flexibility index (Phi) is 7.02. The Balaban J connectivity index is 1.23. The number of hydrogen-bond acceptors (Lipinski definition) is 5. The van der Waals surface area contributed by atoms with Crippen molar-refractivity contribution in [2.45, 2.75) is 63.1 Å². The van der Waals surface area contributed by atoms with Gasteiger partial charge in [-0.05, 0) is 79.3 Å². The molecule has 1 saturated carbocycles. The molecule has 2 heterocycles. The van der Waals surface area contributed by atoms with E-state index in [0.29, 0.717) is 25.7 Å². The summed E-state index contributed by atoms with van der Waals surface area (Å²) in [5.41, 5.74) is 4.60. The predicted octanol–water partition coefficient (Wildman–Crippen LogP) is 5.67. The van der Waals surface area contributed by atoms with E-state index in [9.17, 15) is 5.11 Å². The molecule has 3 aliphatic rings. The Bertz CT molecular complexity index is 1230. The molecule has 3 aromatic rings. The summed E-state index contributed by atoms with van der Waals surface area (Å²) in [6.45, 7) is 5.27. The molecule has 2 aliphatic carbocycles. The van der Waals surface area contributed by atoms with Gasteiger partial charge in [0, 0.05) is 28.8 Å². The van der Waals surface area contributed by atoms with E-state index in [1.165, 1.54) is 16.7 Å². The molecule has 200 valence electrons. The maximum Gasteiger partial charge on any atom is 0.120 e. The number of aryl methyl sites for hydroxylation is 1. The van der Waals surface area contributed by atoms with Gasteiger partial charge in [-0.15, -0.1) is 0 Å². The second-order valence-electron chi connectivity index (χ2n) is 12.2. The predicted molar refractivity (Wildman–Crippen MR) is 147 cm³/mol. The van der Waals surface area contributed by atoms with Crippen molar-refractivity contribution in [2.75, 3.05) is 26.4 Å². The molecule has 2 fully saturated rings. The second kappa shape index (κ2) is 10.4. The highest BCUT2D eigenvalue weighted by Gasteiger charge is 2.52. The lowest BCUT2D eigenvalue weighted by Gasteiger charge is -2.53. The Hall–Kier alpha value is -2.73. The molecule has 5 nitrogen and oxygen atoms in total. The molecule has 1 aliphatic heterocycles. The van der Waals surface area contributed by atoms with E-state index in [2.05, 4.69) is 60.4 Å². The average molecular weight is 514 g/mol. The number of rotatable bonds is 9. The minimum Gasteiger partial charge on any atom is -0.489 e. The number of benzene rings is 2. The normalized spacial score (nSPS) is 27.6. The first kappa shape index (κ1) is 25.5. The summed E-state index contributed by atoms with van der Waals surface area (Å²) in [6, 6.07) is 21.5. The van der Waals surface area contributed by atoms with E-state index < -0.39 is 5.60 Å². The summed E-state index contributed by atoms with van der Waals surface area (Å²) in [4.78, 5) is 4.20. The third-order valence-corrected chi connectivity index (χ3v) is 9.03. The van der Waals surface area contributed by atoms with Gasteiger partial charge in [-0.25, -0.2) is 0 Å². The Morgan fingerprint density at radius 1 is 1.00 bits per heavy atom. The van der Waals surface area contributed by atoms with Gasteiger partial charge >= 0.3 is 0 Å². The van der Waals surface area contributed by atoms with Gasteiger partial charge in [0.15, 0.2) is 0 Å². The van der Waals surface area contributed by atoms with Crippen LogP contribution in [0, 0.1) is 11.3 Å². The van der Waals surface area contributed by atoms with E-state index in [4.69, 9.17) is 14.2 Å². The number of ether oxygens (including phenoxy) is 3. The van der Waals surface area contributed by atoms with Crippen molar-refractivity contribution < 1.29 is 19.3 Å². The van der Waals surface area contributed by atoms with Crippen molar-refractivity contribution in [1.29, 1.82) is 0 Å². The lowest BCUT2D eigenvalue weighted by atomic mass is 9.52. The second-order valence-corrected chi connectivity index (χ2v) is 12.2. The fourth-order valence-electron chi connectivity index (χ4n) is 6.92. The zero-order chi connectivity index (χ0) is 26.1. The van der Waals surface area contributed by atoms with E-state index in [1.54, 1.807) is 6.20 Å². The minimum absolute atomic E-state index is 0.0108. The van der Waals surface area contributed by atoms with Gasteiger partial charge in [0.05, 0.1) is 32.0 Å². The molecule has 0 bridgehead atoms. The molecular weight excluding hydrogens is 474 g/mol. The maximum absolute atomic E-state index is 11.7. The highest BCUT2D eigenvalue weighted by molar-refractivity contribution is 5.45. The zero-order valence-electron chi connectivity index (χ0n) is 22.4. The minimum atomic E-state index is -0.768. The largest absolute Gasteiger partial charge is 0.489 e. The number of nitrogens with zero attached hydrogens (tertiary/aromatic N) is 1. The Morgan fingerprint density at radius 2 is 1.84 bits per heavy atom. The Labute approximate surface area is 226 Å². The van der Waals surface area contributed by atoms with Crippen molar-refractivity contribution in [3.05, 3.63) is 95.3 Å². The first-order valence-electron chi connectivity index (χ1n) is 14.0. The molecule has 2 aromatic carbocycles. The van der Waals surface area contributed by atoms with E-state index >= 15 is 0 Å². The topological polar surface area (TPSA) is 60.8 Å². The maximum atomic E-state index is 11.7. The van der Waals surface area contributed by atoms with Gasteiger partial charge in [-0.3, -0.25) is 4.98 Å². The molecular formula is C33H39NO4. The molecule has 1 saturated heterocycles. The highest BCUT2D eigenvalue weighted by Crippen LogP contribution is 2.54. The molecule has 5 heteroatoms. The lowest BCUT2D eigenvalue weighted by molar-refractivity contribution is -0.162. The van der Waals surface area contributed by atoms with Gasteiger partial charge in [-0.1, -0.05) is 49.4 Å². The Morgan fingerprint density at radius 3 is 2.61 bits per heavy atom. The lowest BCUT2D eigenvalue weighted by Crippen LogP contribution is -2.53. The number of pyridine rings is 1. The number of aliphatic hydroxyl groups is 1. The molecule has 0 unspecified atom stereocenters. The van der Waals surface area contributed by atoms with Crippen LogP contribution in [-0.2, 0) is 34.3 Å². The molecule has 3 atom stereocenters. The molecule has 1 N–H and O–H groups in total. The van der Waals surface area contributed by atoms with Gasteiger partial charge in [-0.2, -0.15) is 0 Å². The molecule has 0 radical (unpaired) electrons. The summed E-state index contributed by atoms with van der Waals surface area (Å²) in [6.07, 6.45) is 9.20. The SMILES string of the molecule is CC1(COC[C@@]2(O)CC[C@@]3(Cc4ccccc4)c4ccc(OCc5cccnc5)cc4CC[C@@H]3C2)COC1. The zero-order valence-corrected chi connectivity index (χ0v) is 22.4. The van der Waals surface area contributed by atoms with Crippen LogP contribution in [0.3, 0.4) is 0 Å². The first-order valence-corrected chi connectivity index (χ1v) is 14.0. The monoisotopic (exact) mass is 513 g/mol. The van der Waals surface area contributed by atoms with Crippen molar-refractivity contribution >= 4 is 0 Å². The van der Waals surface area contributed by atoms with Gasteiger partial charge < -0.3 is 19.3 Å². The number of hydrogen-bond donors (Lipinski definition) is 1. The van der Waals surface area contributed by atoms with Crippen LogP contribution in [0.1, 0.15) is 54.9 Å². The molecule has 38 heavy (non-hydrogen) atoms. The van der Waals surface area contributed by atoms with Crippen LogP contribution in [0.15, 0.2) is 73.1 Å². The van der Waals surface area contributed by atoms with Crippen molar-refractivity contribution in [1.82, 2.24) is 4.98 Å². The van der Waals surface area contributed by atoms with Crippen molar-refractivity contribution in [3.63, 3.8) is 0 Å². The average Bonchev–Trinajstić information content (AvgIpc) is 2.92. The van der Waals surface area contributed by atoms with Crippen molar-refractivity contribution in [2.24, 2.45) is 11.3 Å². The summed E-state index contributed by atoms with van der Waals surface area (Å²) in [7, 11) is 0. The van der Waals surface area contributed by atoms with E-state index in [0.717, 1.165) is 63.1 Å². The van der Waals surface area contributed by atoms with Crippen LogP contribution < -0.4 is 4.74 Å². The summed E-state index contributed by atoms with van der Waals surface area (Å²) in [5.74, 6) is 1.32. The quantitative estimate of drug-likeness (QED) is 0.399. The van der Waals surface area contributed by atoms with E-state index in [1.807, 2.05) is 18.3 Å². The van der Waals surface area contributed by atoms with Gasteiger partial charge in [0.25, 0.3) is 0 Å². The van der Waals surface area contributed by atoms with Gasteiger partial charge in [0.2, 0.25) is 0 Å². The smallest absolute Gasteiger partial charge is 0.120 e. The number of fused-ring (bicyclic) bond motifs is 3. The van der Waals surface area contributed by atoms with Crippen molar-refractivity contribution in [3.8, 4) is 5.75 Å². The van der Waals surface area contributed by atoms with Gasteiger partial charge in [0.1, 0.15) is 12.4 Å². The number of aromatic nitrogens is 1.